The first-order chi connectivity index (χ1) is 9.80. The molecule has 0 aliphatic carbocycles. The molecule has 0 atom stereocenters. The Morgan fingerprint density at radius 2 is 2.25 bits per heavy atom. The molecule has 2 saturated heterocycles. The summed E-state index contributed by atoms with van der Waals surface area (Å²) >= 11 is 0. The van der Waals surface area contributed by atoms with Gasteiger partial charge in [0.25, 0.3) is 0 Å². The zero-order valence-corrected chi connectivity index (χ0v) is 12.2. The van der Waals surface area contributed by atoms with Crippen LogP contribution in [0.4, 0.5) is 0 Å². The number of nitrogens with zero attached hydrogens (tertiary/aromatic N) is 1. The van der Waals surface area contributed by atoms with Gasteiger partial charge in [0, 0.05) is 26.1 Å². The van der Waals surface area contributed by atoms with Crippen LogP contribution in [-0.2, 0) is 11.2 Å². The molecule has 2 fully saturated rings. The van der Waals surface area contributed by atoms with Crippen molar-refractivity contribution >= 4 is 0 Å². The number of hydrogen-bond donors (Lipinski definition) is 1. The van der Waals surface area contributed by atoms with Crippen molar-refractivity contribution in [2.75, 3.05) is 46.4 Å². The van der Waals surface area contributed by atoms with Gasteiger partial charge in [0.1, 0.15) is 12.4 Å². The highest BCUT2D eigenvalue weighted by Gasteiger charge is 2.48. The summed E-state index contributed by atoms with van der Waals surface area (Å²) in [6.07, 6.45) is 2.28. The van der Waals surface area contributed by atoms with Crippen molar-refractivity contribution in [1.29, 1.82) is 0 Å². The molecule has 20 heavy (non-hydrogen) atoms. The Labute approximate surface area is 121 Å². The zero-order valence-electron chi connectivity index (χ0n) is 12.2. The molecule has 1 aromatic rings. The first-order valence-corrected chi connectivity index (χ1v) is 7.52. The van der Waals surface area contributed by atoms with E-state index in [2.05, 4.69) is 28.4 Å². The highest BCUT2D eigenvalue weighted by atomic mass is 16.5. The van der Waals surface area contributed by atoms with E-state index in [1.807, 2.05) is 13.1 Å². The lowest BCUT2D eigenvalue weighted by atomic mass is 9.86. The minimum atomic E-state index is 0.229. The second-order valence-electron chi connectivity index (χ2n) is 5.84. The van der Waals surface area contributed by atoms with Crippen LogP contribution in [0.5, 0.6) is 5.75 Å². The van der Waals surface area contributed by atoms with Gasteiger partial charge in [-0.3, -0.25) is 4.90 Å². The Kier molecular flexibility index (Phi) is 4.24. The summed E-state index contributed by atoms with van der Waals surface area (Å²) in [5.74, 6) is 0.980. The van der Waals surface area contributed by atoms with Crippen LogP contribution in [0, 0.1) is 0 Å². The molecule has 0 aromatic heterocycles. The van der Waals surface area contributed by atoms with Gasteiger partial charge in [0.05, 0.1) is 12.2 Å². The van der Waals surface area contributed by atoms with Crippen molar-refractivity contribution in [2.24, 2.45) is 0 Å². The van der Waals surface area contributed by atoms with E-state index in [0.717, 1.165) is 51.6 Å². The number of benzene rings is 1. The SMILES string of the molecule is CNCCc1cccc(OCCN2CC3(CCO3)C2)c1. The summed E-state index contributed by atoms with van der Waals surface area (Å²) < 4.78 is 11.5. The molecule has 3 rings (SSSR count). The maximum Gasteiger partial charge on any atom is 0.119 e. The Hall–Kier alpha value is -1.10. The number of likely N-dealkylation sites (tertiary alicyclic amines) is 1. The highest BCUT2D eigenvalue weighted by Crippen LogP contribution is 2.35. The molecule has 0 amide bonds. The summed E-state index contributed by atoms with van der Waals surface area (Å²) in [6.45, 7) is 5.86. The standard InChI is InChI=1S/C16H24N2O2/c1-17-7-5-14-3-2-4-15(11-14)19-10-8-18-12-16(13-18)6-9-20-16/h2-4,11,17H,5-10,12-13H2,1H3. The van der Waals surface area contributed by atoms with Crippen LogP contribution in [0.1, 0.15) is 12.0 Å². The van der Waals surface area contributed by atoms with Gasteiger partial charge in [-0.05, 0) is 37.7 Å². The van der Waals surface area contributed by atoms with Crippen LogP contribution < -0.4 is 10.1 Å². The van der Waals surface area contributed by atoms with Gasteiger partial charge in [-0.25, -0.2) is 0 Å². The van der Waals surface area contributed by atoms with Gasteiger partial charge in [0.2, 0.25) is 0 Å². The number of hydrogen-bond acceptors (Lipinski definition) is 4. The van der Waals surface area contributed by atoms with Crippen molar-refractivity contribution < 1.29 is 9.47 Å². The highest BCUT2D eigenvalue weighted by molar-refractivity contribution is 5.28. The molecule has 4 nitrogen and oxygen atoms in total. The monoisotopic (exact) mass is 276 g/mol. The molecule has 2 aliphatic rings. The fraction of sp³-hybridized carbons (Fsp3) is 0.625. The topological polar surface area (TPSA) is 33.7 Å². The van der Waals surface area contributed by atoms with Crippen molar-refractivity contribution in [3.63, 3.8) is 0 Å². The second-order valence-corrected chi connectivity index (χ2v) is 5.84. The Bertz CT molecular complexity index is 438. The lowest BCUT2D eigenvalue weighted by Gasteiger charge is -2.55. The minimum absolute atomic E-state index is 0.229. The molecule has 0 radical (unpaired) electrons. The van der Waals surface area contributed by atoms with Crippen LogP contribution in [0.25, 0.3) is 0 Å². The average Bonchev–Trinajstić information content (AvgIpc) is 2.37. The Balaban J connectivity index is 1.37. The maximum atomic E-state index is 5.85. The third-order valence-corrected chi connectivity index (χ3v) is 4.23. The number of likely N-dealkylation sites (N-methyl/N-ethyl adjacent to an activating group) is 1. The van der Waals surface area contributed by atoms with E-state index in [1.54, 1.807) is 0 Å². The zero-order chi connectivity index (χ0) is 13.8. The quantitative estimate of drug-likeness (QED) is 0.814. The molecule has 0 saturated carbocycles. The van der Waals surface area contributed by atoms with E-state index in [-0.39, 0.29) is 5.60 Å². The number of nitrogens with one attached hydrogen (secondary N) is 1. The third kappa shape index (κ3) is 3.14. The number of ether oxygens (including phenoxy) is 2. The third-order valence-electron chi connectivity index (χ3n) is 4.23. The first-order valence-electron chi connectivity index (χ1n) is 7.52. The molecular weight excluding hydrogens is 252 g/mol. The molecule has 2 heterocycles. The van der Waals surface area contributed by atoms with Crippen LogP contribution in [0.3, 0.4) is 0 Å². The molecule has 1 spiro atoms. The van der Waals surface area contributed by atoms with Gasteiger partial charge in [-0.15, -0.1) is 0 Å². The summed E-state index contributed by atoms with van der Waals surface area (Å²) in [5, 5.41) is 3.17. The van der Waals surface area contributed by atoms with E-state index in [9.17, 15) is 0 Å². The van der Waals surface area contributed by atoms with E-state index in [0.29, 0.717) is 0 Å². The normalized spacial score (nSPS) is 20.4. The lowest BCUT2D eigenvalue weighted by Crippen LogP contribution is -2.68. The predicted octanol–water partition coefficient (Wildman–Crippen LogP) is 1.30. The van der Waals surface area contributed by atoms with Crippen molar-refractivity contribution in [2.45, 2.75) is 18.4 Å². The number of rotatable bonds is 7. The second kappa shape index (κ2) is 6.12. The van der Waals surface area contributed by atoms with Crippen molar-refractivity contribution in [3.05, 3.63) is 29.8 Å². The minimum Gasteiger partial charge on any atom is -0.492 e. The lowest BCUT2D eigenvalue weighted by molar-refractivity contribution is -0.221. The predicted molar refractivity (Wildman–Crippen MR) is 79.3 cm³/mol. The summed E-state index contributed by atoms with van der Waals surface area (Å²) in [7, 11) is 1.98. The molecule has 1 N–H and O–H groups in total. The van der Waals surface area contributed by atoms with Crippen LogP contribution >= 0.6 is 0 Å². The summed E-state index contributed by atoms with van der Waals surface area (Å²) in [4.78, 5) is 2.41. The van der Waals surface area contributed by atoms with Crippen molar-refractivity contribution in [1.82, 2.24) is 10.2 Å². The van der Waals surface area contributed by atoms with E-state index in [1.165, 1.54) is 12.0 Å². The smallest absolute Gasteiger partial charge is 0.119 e. The molecule has 0 unspecified atom stereocenters. The van der Waals surface area contributed by atoms with Gasteiger partial charge in [0.15, 0.2) is 0 Å². The van der Waals surface area contributed by atoms with Crippen LogP contribution in [0.2, 0.25) is 0 Å². The van der Waals surface area contributed by atoms with Gasteiger partial charge >= 0.3 is 0 Å². The fourth-order valence-electron chi connectivity index (χ4n) is 2.92. The van der Waals surface area contributed by atoms with E-state index >= 15 is 0 Å². The molecule has 110 valence electrons. The molecule has 4 heteroatoms. The Morgan fingerprint density at radius 1 is 1.40 bits per heavy atom. The van der Waals surface area contributed by atoms with E-state index in [4.69, 9.17) is 9.47 Å². The maximum absolute atomic E-state index is 5.85. The summed E-state index contributed by atoms with van der Waals surface area (Å²) in [6, 6.07) is 8.40. The van der Waals surface area contributed by atoms with Crippen molar-refractivity contribution in [3.8, 4) is 5.75 Å². The Morgan fingerprint density at radius 3 is 2.95 bits per heavy atom. The first kappa shape index (κ1) is 13.9. The van der Waals surface area contributed by atoms with Gasteiger partial charge in [-0.1, -0.05) is 12.1 Å². The molecule has 0 bridgehead atoms. The average molecular weight is 276 g/mol. The van der Waals surface area contributed by atoms with Crippen LogP contribution in [0.15, 0.2) is 24.3 Å². The molecular formula is C16H24N2O2. The summed E-state index contributed by atoms with van der Waals surface area (Å²) in [5.41, 5.74) is 1.55. The largest absolute Gasteiger partial charge is 0.492 e. The van der Waals surface area contributed by atoms with Crippen LogP contribution in [-0.4, -0.2) is 56.9 Å². The molecule has 2 aliphatic heterocycles. The van der Waals surface area contributed by atoms with Gasteiger partial charge < -0.3 is 14.8 Å². The van der Waals surface area contributed by atoms with Gasteiger partial charge in [-0.2, -0.15) is 0 Å². The van der Waals surface area contributed by atoms with E-state index < -0.39 is 0 Å². The fourth-order valence-corrected chi connectivity index (χ4v) is 2.92. The molecule has 1 aromatic carbocycles.